The van der Waals surface area contributed by atoms with Gasteiger partial charge in [0, 0.05) is 17.8 Å². The fourth-order valence-corrected chi connectivity index (χ4v) is 2.24. The van der Waals surface area contributed by atoms with Crippen LogP contribution in [-0.4, -0.2) is 25.6 Å². The number of rotatable bonds is 2. The van der Waals surface area contributed by atoms with Gasteiger partial charge in [-0.2, -0.15) is 0 Å². The van der Waals surface area contributed by atoms with Crippen LogP contribution in [0.2, 0.25) is 0 Å². The summed E-state index contributed by atoms with van der Waals surface area (Å²) in [7, 11) is 0. The van der Waals surface area contributed by atoms with Crippen molar-refractivity contribution in [3.05, 3.63) is 68.6 Å². The van der Waals surface area contributed by atoms with E-state index in [1.54, 1.807) is 24.4 Å². The molecular weight excluding hydrogens is 286 g/mol. The first kappa shape index (κ1) is 13.7. The maximum atomic E-state index is 11.9. The number of H-pyrrole nitrogens is 1. The van der Waals surface area contributed by atoms with Gasteiger partial charge >= 0.3 is 11.7 Å². The lowest BCUT2D eigenvalue weighted by atomic mass is 10.1. The van der Waals surface area contributed by atoms with Crippen molar-refractivity contribution in [3.63, 3.8) is 0 Å². The lowest BCUT2D eigenvalue weighted by Crippen LogP contribution is -2.32. The Morgan fingerprint density at radius 2 is 2.05 bits per heavy atom. The highest BCUT2D eigenvalue weighted by Crippen LogP contribution is 2.18. The Balaban J connectivity index is 2.28. The second kappa shape index (κ2) is 4.96. The number of hydrogen-bond acceptors (Lipinski definition) is 4. The molecule has 0 saturated heterocycles. The molecule has 7 heteroatoms. The van der Waals surface area contributed by atoms with E-state index in [0.717, 1.165) is 21.7 Å². The maximum Gasteiger partial charge on any atom is 0.342 e. The highest BCUT2D eigenvalue weighted by atomic mass is 16.4. The fraction of sp³-hybridized carbons (Fsp3) is 0.0667. The molecule has 0 fully saturated rings. The number of carboxylic acid groups (broad SMARTS) is 1. The third kappa shape index (κ3) is 2.18. The van der Waals surface area contributed by atoms with E-state index in [-0.39, 0.29) is 0 Å². The third-order valence-electron chi connectivity index (χ3n) is 3.39. The summed E-state index contributed by atoms with van der Waals surface area (Å²) in [5, 5.41) is 9.92. The maximum absolute atomic E-state index is 11.9. The molecule has 3 aromatic rings. The van der Waals surface area contributed by atoms with Gasteiger partial charge in [0.1, 0.15) is 5.56 Å². The van der Waals surface area contributed by atoms with E-state index >= 15 is 0 Å². The Morgan fingerprint density at radius 3 is 2.77 bits per heavy atom. The molecule has 0 saturated carbocycles. The zero-order chi connectivity index (χ0) is 15.9. The number of aromatic carboxylic acids is 1. The Labute approximate surface area is 123 Å². The molecule has 0 aliphatic rings. The molecule has 110 valence electrons. The predicted molar refractivity (Wildman–Crippen MR) is 79.7 cm³/mol. The van der Waals surface area contributed by atoms with Gasteiger partial charge in [0.2, 0.25) is 0 Å². The number of nitrogens with zero attached hydrogens (tertiary/aromatic N) is 2. The first-order valence-corrected chi connectivity index (χ1v) is 6.42. The lowest BCUT2D eigenvalue weighted by molar-refractivity contribution is 0.0694. The van der Waals surface area contributed by atoms with E-state index in [1.165, 1.54) is 0 Å². The van der Waals surface area contributed by atoms with Crippen molar-refractivity contribution in [1.29, 1.82) is 0 Å². The summed E-state index contributed by atoms with van der Waals surface area (Å²) in [4.78, 5) is 40.6. The minimum atomic E-state index is -1.40. The van der Waals surface area contributed by atoms with Gasteiger partial charge in [-0.25, -0.2) is 9.59 Å². The average Bonchev–Trinajstić information content (AvgIpc) is 2.47. The Kier molecular flexibility index (Phi) is 3.10. The van der Waals surface area contributed by atoms with Gasteiger partial charge in [0.25, 0.3) is 5.56 Å². The molecule has 3 rings (SSSR count). The van der Waals surface area contributed by atoms with Crippen molar-refractivity contribution in [3.8, 4) is 5.69 Å². The number of aryl methyl sites for hydroxylation is 1. The van der Waals surface area contributed by atoms with Crippen LogP contribution in [0.15, 0.2) is 46.2 Å². The van der Waals surface area contributed by atoms with Crippen molar-refractivity contribution in [2.24, 2.45) is 0 Å². The van der Waals surface area contributed by atoms with Crippen LogP contribution in [0.4, 0.5) is 0 Å². The monoisotopic (exact) mass is 297 g/mol. The summed E-state index contributed by atoms with van der Waals surface area (Å²) < 4.78 is 1.08. The Morgan fingerprint density at radius 1 is 1.27 bits per heavy atom. The summed E-state index contributed by atoms with van der Waals surface area (Å²) in [6.45, 7) is 1.94. The van der Waals surface area contributed by atoms with Crippen LogP contribution in [0.3, 0.4) is 0 Å². The first-order valence-electron chi connectivity index (χ1n) is 6.42. The highest BCUT2D eigenvalue weighted by Gasteiger charge is 2.12. The number of aromatic amines is 1. The number of pyridine rings is 1. The zero-order valence-corrected chi connectivity index (χ0v) is 11.5. The van der Waals surface area contributed by atoms with E-state index in [1.807, 2.05) is 18.0 Å². The normalized spacial score (nSPS) is 10.8. The zero-order valence-electron chi connectivity index (χ0n) is 11.5. The molecule has 0 aliphatic heterocycles. The summed E-state index contributed by atoms with van der Waals surface area (Å²) >= 11 is 0. The molecule has 2 heterocycles. The minimum Gasteiger partial charge on any atom is -0.477 e. The first-order chi connectivity index (χ1) is 10.5. The summed E-state index contributed by atoms with van der Waals surface area (Å²) in [6.07, 6.45) is 2.67. The summed E-state index contributed by atoms with van der Waals surface area (Å²) in [5.41, 5.74) is 0.000764. The van der Waals surface area contributed by atoms with Crippen LogP contribution in [0.25, 0.3) is 16.6 Å². The SMILES string of the molecule is Cc1ccnc2cc(-n3cc(C(=O)O)c(=O)[nH]c3=O)ccc12. The van der Waals surface area contributed by atoms with Crippen molar-refractivity contribution in [2.45, 2.75) is 6.92 Å². The van der Waals surface area contributed by atoms with E-state index < -0.39 is 22.8 Å². The van der Waals surface area contributed by atoms with Crippen LogP contribution in [0.1, 0.15) is 15.9 Å². The predicted octanol–water partition coefficient (Wildman–Crippen LogP) is 1.08. The number of fused-ring (bicyclic) bond motifs is 1. The third-order valence-corrected chi connectivity index (χ3v) is 3.39. The van der Waals surface area contributed by atoms with E-state index in [4.69, 9.17) is 5.11 Å². The largest absolute Gasteiger partial charge is 0.477 e. The second-order valence-electron chi connectivity index (χ2n) is 4.81. The smallest absolute Gasteiger partial charge is 0.342 e. The van der Waals surface area contributed by atoms with Gasteiger partial charge in [-0.05, 0) is 30.7 Å². The number of carbonyl (C=O) groups is 1. The molecular formula is C15H11N3O4. The van der Waals surface area contributed by atoms with Crippen LogP contribution >= 0.6 is 0 Å². The number of carboxylic acids is 1. The van der Waals surface area contributed by atoms with Gasteiger partial charge in [-0.3, -0.25) is 19.3 Å². The molecule has 22 heavy (non-hydrogen) atoms. The van der Waals surface area contributed by atoms with Crippen molar-refractivity contribution in [1.82, 2.24) is 14.5 Å². The Bertz CT molecular complexity index is 1020. The van der Waals surface area contributed by atoms with Crippen LogP contribution in [-0.2, 0) is 0 Å². The number of nitrogens with one attached hydrogen (secondary N) is 1. The van der Waals surface area contributed by atoms with Gasteiger partial charge in [0.15, 0.2) is 0 Å². The molecule has 2 aromatic heterocycles. The average molecular weight is 297 g/mol. The molecule has 0 bridgehead atoms. The standard InChI is InChI=1S/C15H11N3O4/c1-8-4-5-16-12-6-9(2-3-10(8)12)18-7-11(14(20)21)13(19)17-15(18)22/h2-7H,1H3,(H,20,21)(H,17,19,22). The van der Waals surface area contributed by atoms with E-state index in [2.05, 4.69) is 4.98 Å². The van der Waals surface area contributed by atoms with Crippen molar-refractivity contribution < 1.29 is 9.90 Å². The van der Waals surface area contributed by atoms with Crippen LogP contribution in [0, 0.1) is 6.92 Å². The molecule has 0 radical (unpaired) electrons. The topological polar surface area (TPSA) is 105 Å². The molecule has 0 atom stereocenters. The van der Waals surface area contributed by atoms with Gasteiger partial charge in [-0.15, -0.1) is 0 Å². The molecule has 0 amide bonds. The van der Waals surface area contributed by atoms with Crippen molar-refractivity contribution >= 4 is 16.9 Å². The number of benzene rings is 1. The second-order valence-corrected chi connectivity index (χ2v) is 4.81. The highest BCUT2D eigenvalue weighted by molar-refractivity contribution is 5.87. The van der Waals surface area contributed by atoms with Crippen molar-refractivity contribution in [2.75, 3.05) is 0 Å². The molecule has 7 nitrogen and oxygen atoms in total. The van der Waals surface area contributed by atoms with Crippen LogP contribution in [0.5, 0.6) is 0 Å². The van der Waals surface area contributed by atoms with Crippen LogP contribution < -0.4 is 11.2 Å². The van der Waals surface area contributed by atoms with E-state index in [0.29, 0.717) is 11.2 Å². The minimum absolute atomic E-state index is 0.425. The quantitative estimate of drug-likeness (QED) is 0.736. The molecule has 0 unspecified atom stereocenters. The van der Waals surface area contributed by atoms with Gasteiger partial charge < -0.3 is 5.11 Å². The lowest BCUT2D eigenvalue weighted by Gasteiger charge is -2.08. The molecule has 2 N–H and O–H groups in total. The van der Waals surface area contributed by atoms with Gasteiger partial charge in [-0.1, -0.05) is 6.07 Å². The Hall–Kier alpha value is -3.22. The molecule has 0 aliphatic carbocycles. The number of aromatic nitrogens is 3. The molecule has 1 aromatic carbocycles. The molecule has 0 spiro atoms. The van der Waals surface area contributed by atoms with E-state index in [9.17, 15) is 14.4 Å². The summed E-state index contributed by atoms with van der Waals surface area (Å²) in [6, 6.07) is 7.00. The summed E-state index contributed by atoms with van der Waals surface area (Å²) in [5.74, 6) is -1.40. The van der Waals surface area contributed by atoms with Gasteiger partial charge in [0.05, 0.1) is 11.2 Å². The fourth-order valence-electron chi connectivity index (χ4n) is 2.24. The number of hydrogen-bond donors (Lipinski definition) is 2.